The van der Waals surface area contributed by atoms with Gasteiger partial charge in [0.15, 0.2) is 0 Å². The van der Waals surface area contributed by atoms with Crippen molar-refractivity contribution in [2.75, 3.05) is 0 Å². The quantitative estimate of drug-likeness (QED) is 0.722. The number of fused-ring (bicyclic) bond motifs is 1. The van der Waals surface area contributed by atoms with Gasteiger partial charge >= 0.3 is 6.18 Å². The first-order valence-electron chi connectivity index (χ1n) is 3.91. The lowest BCUT2D eigenvalue weighted by Gasteiger charge is -2.00. The molecule has 2 heterocycles. The number of rotatable bonds is 0. The van der Waals surface area contributed by atoms with Crippen LogP contribution in [0.3, 0.4) is 0 Å². The summed E-state index contributed by atoms with van der Waals surface area (Å²) in [5.41, 5.74) is 0. The van der Waals surface area contributed by atoms with Crippen LogP contribution in [0.5, 0.6) is 0 Å². The predicted molar refractivity (Wildman–Crippen MR) is 54.1 cm³/mol. The molecule has 2 nitrogen and oxygen atoms in total. The number of halogens is 3. The Balaban J connectivity index is 2.77. The highest BCUT2D eigenvalue weighted by Crippen LogP contribution is 2.43. The molecule has 16 heavy (non-hydrogen) atoms. The third kappa shape index (κ3) is 1.54. The molecular formula is C9HF3N2S2. The van der Waals surface area contributed by atoms with Gasteiger partial charge in [0.2, 0.25) is 0 Å². The van der Waals surface area contributed by atoms with E-state index in [1.165, 1.54) is 0 Å². The van der Waals surface area contributed by atoms with E-state index >= 15 is 0 Å². The van der Waals surface area contributed by atoms with Gasteiger partial charge in [0.1, 0.15) is 26.8 Å². The molecule has 7 heteroatoms. The zero-order valence-electron chi connectivity index (χ0n) is 7.42. The molecule has 0 bridgehead atoms. The van der Waals surface area contributed by atoms with Crippen molar-refractivity contribution in [1.29, 1.82) is 10.5 Å². The highest BCUT2D eigenvalue weighted by atomic mass is 32.1. The van der Waals surface area contributed by atoms with Gasteiger partial charge in [-0.3, -0.25) is 0 Å². The first kappa shape index (κ1) is 10.9. The lowest BCUT2D eigenvalue weighted by atomic mass is 10.3. The number of alkyl halides is 3. The van der Waals surface area contributed by atoms with E-state index in [1.807, 2.05) is 0 Å². The van der Waals surface area contributed by atoms with Crippen LogP contribution in [0.4, 0.5) is 13.2 Å². The number of thiophene rings is 2. The van der Waals surface area contributed by atoms with E-state index in [4.69, 9.17) is 10.5 Å². The Morgan fingerprint density at radius 2 is 1.69 bits per heavy atom. The van der Waals surface area contributed by atoms with Crippen LogP contribution in [0, 0.1) is 22.7 Å². The minimum absolute atomic E-state index is 0.151. The van der Waals surface area contributed by atoms with E-state index in [-0.39, 0.29) is 19.8 Å². The van der Waals surface area contributed by atoms with Gasteiger partial charge in [0, 0.05) is 5.39 Å². The van der Waals surface area contributed by atoms with Crippen LogP contribution < -0.4 is 0 Å². The molecule has 2 aromatic heterocycles. The molecule has 0 amide bonds. The van der Waals surface area contributed by atoms with Gasteiger partial charge in [0.25, 0.3) is 0 Å². The zero-order chi connectivity index (χ0) is 11.9. The second-order valence-corrected chi connectivity index (χ2v) is 4.91. The van der Waals surface area contributed by atoms with Crippen molar-refractivity contribution in [1.82, 2.24) is 0 Å². The molecule has 0 fully saturated rings. The average Bonchev–Trinajstić information content (AvgIpc) is 2.73. The Hall–Kier alpha value is -1.57. The van der Waals surface area contributed by atoms with Crippen LogP contribution in [0.1, 0.15) is 14.6 Å². The lowest BCUT2D eigenvalue weighted by Crippen LogP contribution is -2.00. The molecule has 80 valence electrons. The summed E-state index contributed by atoms with van der Waals surface area (Å²) in [6, 6.07) is 4.52. The Kier molecular flexibility index (Phi) is 2.38. The molecule has 0 unspecified atom stereocenters. The largest absolute Gasteiger partial charge is 0.425 e. The SMILES string of the molecule is N#Cc1sc(C#N)c2sc(C(F)(F)F)cc12. The number of hydrogen-bond acceptors (Lipinski definition) is 4. The zero-order valence-corrected chi connectivity index (χ0v) is 9.06. The molecule has 0 radical (unpaired) electrons. The van der Waals surface area contributed by atoms with Crippen molar-refractivity contribution in [2.24, 2.45) is 0 Å². The first-order valence-corrected chi connectivity index (χ1v) is 5.54. The van der Waals surface area contributed by atoms with Crippen LogP contribution in [-0.4, -0.2) is 0 Å². The van der Waals surface area contributed by atoms with Crippen molar-refractivity contribution < 1.29 is 13.2 Å². The minimum atomic E-state index is -4.43. The van der Waals surface area contributed by atoms with Crippen LogP contribution in [-0.2, 0) is 6.18 Å². The molecule has 0 atom stereocenters. The van der Waals surface area contributed by atoms with Gasteiger partial charge in [-0.2, -0.15) is 23.7 Å². The second kappa shape index (κ2) is 3.48. The van der Waals surface area contributed by atoms with E-state index in [2.05, 4.69) is 0 Å². The Morgan fingerprint density at radius 3 is 2.19 bits per heavy atom. The molecule has 0 N–H and O–H groups in total. The lowest BCUT2D eigenvalue weighted by molar-refractivity contribution is -0.134. The fourth-order valence-corrected chi connectivity index (χ4v) is 3.23. The maximum atomic E-state index is 12.4. The molecule has 0 aliphatic heterocycles. The Morgan fingerprint density at radius 1 is 1.06 bits per heavy atom. The average molecular weight is 258 g/mol. The summed E-state index contributed by atoms with van der Waals surface area (Å²) in [6.45, 7) is 0. The molecule has 0 aliphatic carbocycles. The third-order valence-corrected chi connectivity index (χ3v) is 4.21. The molecule has 0 aromatic carbocycles. The summed E-state index contributed by atoms with van der Waals surface area (Å²) < 4.78 is 37.5. The molecule has 2 aromatic rings. The van der Waals surface area contributed by atoms with E-state index in [0.717, 1.165) is 17.4 Å². The minimum Gasteiger partial charge on any atom is -0.192 e. The van der Waals surface area contributed by atoms with Crippen molar-refractivity contribution >= 4 is 32.8 Å². The number of nitrogens with zero attached hydrogens (tertiary/aromatic N) is 2. The van der Waals surface area contributed by atoms with Gasteiger partial charge in [-0.25, -0.2) is 0 Å². The molecular weight excluding hydrogens is 257 g/mol. The third-order valence-electron chi connectivity index (χ3n) is 1.87. The van der Waals surface area contributed by atoms with Crippen molar-refractivity contribution in [3.63, 3.8) is 0 Å². The molecule has 0 saturated heterocycles. The van der Waals surface area contributed by atoms with E-state index in [9.17, 15) is 13.2 Å². The van der Waals surface area contributed by atoms with Gasteiger partial charge in [-0.1, -0.05) is 0 Å². The predicted octanol–water partition coefficient (Wildman–Crippen LogP) is 3.72. The fourth-order valence-electron chi connectivity index (χ4n) is 1.23. The topological polar surface area (TPSA) is 47.6 Å². The summed E-state index contributed by atoms with van der Waals surface area (Å²) in [5.74, 6) is 0. The number of nitriles is 2. The van der Waals surface area contributed by atoms with E-state index < -0.39 is 11.1 Å². The first-order chi connectivity index (χ1) is 7.47. The van der Waals surface area contributed by atoms with Crippen LogP contribution in [0.15, 0.2) is 6.07 Å². The maximum absolute atomic E-state index is 12.4. The van der Waals surface area contributed by atoms with Gasteiger partial charge in [0.05, 0.1) is 4.70 Å². The van der Waals surface area contributed by atoms with Crippen molar-refractivity contribution in [2.45, 2.75) is 6.18 Å². The van der Waals surface area contributed by atoms with Gasteiger partial charge in [-0.15, -0.1) is 22.7 Å². The molecule has 2 rings (SSSR count). The fraction of sp³-hybridized carbons (Fsp3) is 0.111. The van der Waals surface area contributed by atoms with Gasteiger partial charge < -0.3 is 0 Å². The Labute approximate surface area is 95.8 Å². The summed E-state index contributed by atoms with van der Waals surface area (Å²) in [5, 5.41) is 17.7. The van der Waals surface area contributed by atoms with E-state index in [0.29, 0.717) is 11.3 Å². The summed E-state index contributed by atoms with van der Waals surface area (Å²) >= 11 is 1.42. The second-order valence-electron chi connectivity index (χ2n) is 2.84. The normalized spacial score (nSPS) is 11.3. The summed E-state index contributed by atoms with van der Waals surface area (Å²) in [7, 11) is 0. The highest BCUT2D eigenvalue weighted by molar-refractivity contribution is 7.25. The number of hydrogen-bond donors (Lipinski definition) is 0. The molecule has 0 aliphatic rings. The monoisotopic (exact) mass is 258 g/mol. The standard InChI is InChI=1S/C9HF3N2S2/c10-9(11,12)7-1-4-5(2-13)15-6(3-14)8(4)16-7/h1H. The van der Waals surface area contributed by atoms with Crippen molar-refractivity contribution in [3.8, 4) is 12.1 Å². The van der Waals surface area contributed by atoms with Crippen LogP contribution in [0.25, 0.3) is 10.1 Å². The van der Waals surface area contributed by atoms with Crippen molar-refractivity contribution in [3.05, 3.63) is 20.7 Å². The van der Waals surface area contributed by atoms with E-state index in [1.54, 1.807) is 12.1 Å². The van der Waals surface area contributed by atoms with Gasteiger partial charge in [-0.05, 0) is 6.07 Å². The molecule has 0 saturated carbocycles. The smallest absolute Gasteiger partial charge is 0.192 e. The van der Waals surface area contributed by atoms with Crippen LogP contribution in [0.2, 0.25) is 0 Å². The molecule has 0 spiro atoms. The Bertz CT molecular complexity index is 590. The highest BCUT2D eigenvalue weighted by Gasteiger charge is 2.34. The van der Waals surface area contributed by atoms with Crippen LogP contribution >= 0.6 is 22.7 Å². The summed E-state index contributed by atoms with van der Waals surface area (Å²) in [6.07, 6.45) is -4.43. The summed E-state index contributed by atoms with van der Waals surface area (Å²) in [4.78, 5) is -0.469. The maximum Gasteiger partial charge on any atom is 0.425 e.